The van der Waals surface area contributed by atoms with Crippen molar-refractivity contribution in [2.24, 2.45) is 0 Å². The highest BCUT2D eigenvalue weighted by Gasteiger charge is 2.34. The van der Waals surface area contributed by atoms with Crippen LogP contribution in [0.1, 0.15) is 35.3 Å². The molecule has 0 bridgehead atoms. The molecule has 0 radical (unpaired) electrons. The maximum Gasteiger partial charge on any atom is 0.328 e. The van der Waals surface area contributed by atoms with Crippen molar-refractivity contribution in [3.05, 3.63) is 16.1 Å². The Kier molecular flexibility index (Phi) is 4.16. The van der Waals surface area contributed by atoms with Gasteiger partial charge in [0.15, 0.2) is 6.04 Å². The maximum absolute atomic E-state index is 12.3. The van der Waals surface area contributed by atoms with E-state index in [1.54, 1.807) is 5.38 Å². The molecule has 0 aliphatic carbocycles. The van der Waals surface area contributed by atoms with Gasteiger partial charge in [0.2, 0.25) is 0 Å². The molecule has 1 saturated heterocycles. The van der Waals surface area contributed by atoms with Crippen LogP contribution in [0.3, 0.4) is 0 Å². The molecule has 1 fully saturated rings. The lowest BCUT2D eigenvalue weighted by Crippen LogP contribution is -2.52. The monoisotopic (exact) mass is 284 g/mol. The molecule has 1 aromatic rings. The van der Waals surface area contributed by atoms with E-state index < -0.39 is 12.0 Å². The van der Waals surface area contributed by atoms with Crippen LogP contribution in [-0.2, 0) is 9.53 Å². The minimum absolute atomic E-state index is 0.0300. The Labute approximate surface area is 115 Å². The zero-order valence-corrected chi connectivity index (χ0v) is 11.6. The Hall–Kier alpha value is -1.47. The molecule has 0 saturated carbocycles. The summed E-state index contributed by atoms with van der Waals surface area (Å²) in [6.45, 7) is 4.67. The van der Waals surface area contributed by atoms with E-state index >= 15 is 0 Å². The largest absolute Gasteiger partial charge is 0.480 e. The molecule has 1 amide bonds. The predicted octanol–water partition coefficient (Wildman–Crippen LogP) is 1.19. The highest BCUT2D eigenvalue weighted by molar-refractivity contribution is 7.09. The van der Waals surface area contributed by atoms with E-state index in [4.69, 9.17) is 9.84 Å². The fourth-order valence-electron chi connectivity index (χ4n) is 1.85. The van der Waals surface area contributed by atoms with E-state index in [0.29, 0.717) is 12.3 Å². The molecule has 7 heteroatoms. The first kappa shape index (κ1) is 14.0. The molecule has 104 valence electrons. The van der Waals surface area contributed by atoms with E-state index in [9.17, 15) is 9.59 Å². The van der Waals surface area contributed by atoms with E-state index in [1.807, 2.05) is 13.8 Å². The maximum atomic E-state index is 12.3. The molecule has 19 heavy (non-hydrogen) atoms. The summed E-state index contributed by atoms with van der Waals surface area (Å²) in [5.41, 5.74) is 0.321. The van der Waals surface area contributed by atoms with Gasteiger partial charge in [-0.15, -0.1) is 11.3 Å². The van der Waals surface area contributed by atoms with E-state index in [-0.39, 0.29) is 25.0 Å². The zero-order valence-electron chi connectivity index (χ0n) is 10.8. The Morgan fingerprint density at radius 2 is 2.32 bits per heavy atom. The first-order chi connectivity index (χ1) is 9.00. The number of amides is 1. The van der Waals surface area contributed by atoms with E-state index in [0.717, 1.165) is 5.01 Å². The van der Waals surface area contributed by atoms with Gasteiger partial charge in [0, 0.05) is 17.8 Å². The third-order valence-corrected chi connectivity index (χ3v) is 4.05. The molecule has 0 unspecified atom stereocenters. The summed E-state index contributed by atoms with van der Waals surface area (Å²) in [4.78, 5) is 29.0. The Balaban J connectivity index is 2.18. The number of hydrogen-bond donors (Lipinski definition) is 1. The van der Waals surface area contributed by atoms with Gasteiger partial charge in [-0.3, -0.25) is 4.79 Å². The van der Waals surface area contributed by atoms with Crippen LogP contribution < -0.4 is 0 Å². The fraction of sp³-hybridized carbons (Fsp3) is 0.583. The fourth-order valence-corrected chi connectivity index (χ4v) is 2.66. The molecule has 2 rings (SSSR count). The van der Waals surface area contributed by atoms with Crippen molar-refractivity contribution in [1.82, 2.24) is 9.88 Å². The van der Waals surface area contributed by atoms with Gasteiger partial charge in [0.05, 0.1) is 18.2 Å². The van der Waals surface area contributed by atoms with Crippen LogP contribution >= 0.6 is 11.3 Å². The zero-order chi connectivity index (χ0) is 14.0. The average Bonchev–Trinajstić information content (AvgIpc) is 2.87. The highest BCUT2D eigenvalue weighted by Crippen LogP contribution is 2.21. The van der Waals surface area contributed by atoms with Crippen LogP contribution in [0.5, 0.6) is 0 Å². The van der Waals surface area contributed by atoms with Crippen LogP contribution in [0.15, 0.2) is 5.38 Å². The number of thiazole rings is 1. The molecule has 1 aromatic heterocycles. The minimum atomic E-state index is -1.05. The normalized spacial score (nSPS) is 19.7. The van der Waals surface area contributed by atoms with Crippen LogP contribution in [0.4, 0.5) is 0 Å². The highest BCUT2D eigenvalue weighted by atomic mass is 32.1. The number of rotatable bonds is 3. The summed E-state index contributed by atoms with van der Waals surface area (Å²) in [7, 11) is 0. The number of aliphatic carboxylic acids is 1. The second-order valence-corrected chi connectivity index (χ2v) is 5.54. The lowest BCUT2D eigenvalue weighted by molar-refractivity contribution is -0.147. The number of ether oxygens (including phenoxy) is 1. The third kappa shape index (κ3) is 2.93. The minimum Gasteiger partial charge on any atom is -0.480 e. The summed E-state index contributed by atoms with van der Waals surface area (Å²) >= 11 is 1.42. The summed E-state index contributed by atoms with van der Waals surface area (Å²) in [5.74, 6) is -1.13. The molecule has 6 nitrogen and oxygen atoms in total. The van der Waals surface area contributed by atoms with Crippen LogP contribution in [-0.4, -0.2) is 52.7 Å². The number of carboxylic acid groups (broad SMARTS) is 1. The number of nitrogens with zero attached hydrogens (tertiary/aromatic N) is 2. The smallest absolute Gasteiger partial charge is 0.328 e. The van der Waals surface area contributed by atoms with Crippen molar-refractivity contribution in [2.75, 3.05) is 19.8 Å². The summed E-state index contributed by atoms with van der Waals surface area (Å²) in [6.07, 6.45) is 0. The van der Waals surface area contributed by atoms with Crippen molar-refractivity contribution < 1.29 is 19.4 Å². The Bertz CT molecular complexity index is 486. The first-order valence-electron chi connectivity index (χ1n) is 6.07. The van der Waals surface area contributed by atoms with Crippen molar-refractivity contribution in [3.63, 3.8) is 0 Å². The van der Waals surface area contributed by atoms with Crippen molar-refractivity contribution >= 4 is 23.2 Å². The van der Waals surface area contributed by atoms with Gasteiger partial charge in [0.25, 0.3) is 5.91 Å². The lowest BCUT2D eigenvalue weighted by atomic mass is 10.2. The second-order valence-electron chi connectivity index (χ2n) is 4.65. The summed E-state index contributed by atoms with van der Waals surface area (Å²) < 4.78 is 5.11. The Morgan fingerprint density at radius 3 is 2.89 bits per heavy atom. The van der Waals surface area contributed by atoms with Gasteiger partial charge in [-0.2, -0.15) is 0 Å². The van der Waals surface area contributed by atoms with Gasteiger partial charge in [-0.1, -0.05) is 13.8 Å². The first-order valence-corrected chi connectivity index (χ1v) is 6.95. The molecule has 0 aromatic carbocycles. The quantitative estimate of drug-likeness (QED) is 0.902. The molecule has 0 spiro atoms. The lowest BCUT2D eigenvalue weighted by Gasteiger charge is -2.32. The van der Waals surface area contributed by atoms with Gasteiger partial charge in [0.1, 0.15) is 5.69 Å². The molecule has 1 N–H and O–H groups in total. The number of carbonyl (C=O) groups excluding carboxylic acids is 1. The van der Waals surface area contributed by atoms with Gasteiger partial charge >= 0.3 is 5.97 Å². The van der Waals surface area contributed by atoms with E-state index in [2.05, 4.69) is 4.98 Å². The average molecular weight is 284 g/mol. The standard InChI is InChI=1S/C12H16N2O4S/c1-7(2)10-13-8(6-19-10)11(15)14-3-4-18-5-9(14)12(16)17/h6-7,9H,3-5H2,1-2H3,(H,16,17)/t9-/m1/s1. The van der Waals surface area contributed by atoms with Crippen molar-refractivity contribution in [3.8, 4) is 0 Å². The number of carboxylic acids is 1. The predicted molar refractivity (Wildman–Crippen MR) is 69.5 cm³/mol. The van der Waals surface area contributed by atoms with Gasteiger partial charge < -0.3 is 14.7 Å². The molecule has 1 aliphatic heterocycles. The van der Waals surface area contributed by atoms with E-state index in [1.165, 1.54) is 16.2 Å². The SMILES string of the molecule is CC(C)c1nc(C(=O)N2CCOC[C@@H]2C(=O)O)cs1. The number of aromatic nitrogens is 1. The van der Waals surface area contributed by atoms with Gasteiger partial charge in [-0.05, 0) is 0 Å². The van der Waals surface area contributed by atoms with Crippen molar-refractivity contribution in [2.45, 2.75) is 25.8 Å². The molecule has 2 heterocycles. The number of carbonyl (C=O) groups is 2. The number of morpholine rings is 1. The molecular weight excluding hydrogens is 268 g/mol. The summed E-state index contributed by atoms with van der Waals surface area (Å²) in [6, 6.07) is -0.926. The molecule has 1 aliphatic rings. The molecular formula is C12H16N2O4S. The third-order valence-electron chi connectivity index (χ3n) is 2.91. The van der Waals surface area contributed by atoms with Crippen molar-refractivity contribution in [1.29, 1.82) is 0 Å². The number of hydrogen-bond acceptors (Lipinski definition) is 5. The Morgan fingerprint density at radius 1 is 1.58 bits per heavy atom. The topological polar surface area (TPSA) is 79.7 Å². The van der Waals surface area contributed by atoms with Gasteiger partial charge in [-0.25, -0.2) is 9.78 Å². The summed E-state index contributed by atoms with van der Waals surface area (Å²) in [5, 5.41) is 11.7. The van der Waals surface area contributed by atoms with Crippen LogP contribution in [0.2, 0.25) is 0 Å². The molecule has 1 atom stereocenters. The second kappa shape index (κ2) is 5.66. The van der Waals surface area contributed by atoms with Crippen LogP contribution in [0, 0.1) is 0 Å². The van der Waals surface area contributed by atoms with Crippen LogP contribution in [0.25, 0.3) is 0 Å².